The van der Waals surface area contributed by atoms with Crippen molar-refractivity contribution in [3.05, 3.63) is 46.2 Å². The molecule has 2 rings (SSSR count). The van der Waals surface area contributed by atoms with Crippen LogP contribution in [0.3, 0.4) is 0 Å². The second-order valence-corrected chi connectivity index (χ2v) is 5.99. The van der Waals surface area contributed by atoms with Crippen molar-refractivity contribution in [2.24, 2.45) is 5.73 Å². The Labute approximate surface area is 155 Å². The topological polar surface area (TPSA) is 72.9 Å². The molecule has 3 N–H and O–H groups in total. The number of aryl methyl sites for hydroxylation is 1. The van der Waals surface area contributed by atoms with Crippen LogP contribution in [0, 0.1) is 13.8 Å². The van der Waals surface area contributed by atoms with Crippen LogP contribution in [-0.4, -0.2) is 34.7 Å². The van der Waals surface area contributed by atoms with E-state index in [2.05, 4.69) is 10.4 Å². The number of rotatable bonds is 6. The summed E-state index contributed by atoms with van der Waals surface area (Å²) in [7, 11) is 0. The number of carbonyl (C=O) groups is 1. The third-order valence-corrected chi connectivity index (χ3v) is 3.94. The fraction of sp³-hybridized carbons (Fsp3) is 0.375. The average molecular weight is 393 g/mol. The van der Waals surface area contributed by atoms with Crippen LogP contribution in [0.25, 0.3) is 5.69 Å². The number of amides is 1. The van der Waals surface area contributed by atoms with Gasteiger partial charge in [0.25, 0.3) is 5.92 Å². The molecule has 1 aromatic heterocycles. The number of alkyl halides is 2. The Morgan fingerprint density at radius 2 is 1.92 bits per heavy atom. The van der Waals surface area contributed by atoms with Crippen LogP contribution >= 0.6 is 24.0 Å². The molecule has 1 heterocycles. The van der Waals surface area contributed by atoms with Crippen molar-refractivity contribution in [1.82, 2.24) is 15.1 Å². The molecule has 0 spiro atoms. The van der Waals surface area contributed by atoms with E-state index in [1.807, 2.05) is 19.1 Å². The maximum atomic E-state index is 13.1. The van der Waals surface area contributed by atoms with Gasteiger partial charge < -0.3 is 11.1 Å². The largest absolute Gasteiger partial charge is 0.350 e. The third kappa shape index (κ3) is 5.39. The third-order valence-electron chi connectivity index (χ3n) is 3.69. The summed E-state index contributed by atoms with van der Waals surface area (Å²) in [5, 5.41) is 7.24. The number of aromatic nitrogens is 2. The van der Waals surface area contributed by atoms with Crippen molar-refractivity contribution in [2.45, 2.75) is 26.2 Å². The molecular formula is C16H20Cl2F2N4O. The smallest absolute Gasteiger partial charge is 0.277 e. The predicted octanol–water partition coefficient (Wildman–Crippen LogP) is 2.82. The van der Waals surface area contributed by atoms with E-state index < -0.39 is 24.9 Å². The zero-order valence-corrected chi connectivity index (χ0v) is 15.4. The van der Waals surface area contributed by atoms with E-state index in [0.29, 0.717) is 16.3 Å². The molecule has 0 aliphatic carbocycles. The van der Waals surface area contributed by atoms with E-state index in [9.17, 15) is 13.6 Å². The lowest BCUT2D eigenvalue weighted by Crippen LogP contribution is -2.42. The van der Waals surface area contributed by atoms with E-state index in [1.165, 1.54) is 0 Å². The number of carbonyl (C=O) groups excluding carboxylic acids is 1. The van der Waals surface area contributed by atoms with E-state index in [1.54, 1.807) is 23.7 Å². The first kappa shape index (κ1) is 21.3. The average Bonchev–Trinajstić information content (AvgIpc) is 2.82. The van der Waals surface area contributed by atoms with Crippen LogP contribution in [-0.2, 0) is 11.2 Å². The van der Waals surface area contributed by atoms with E-state index in [-0.39, 0.29) is 18.8 Å². The maximum absolute atomic E-state index is 13.1. The number of nitrogens with one attached hydrogen (secondary N) is 1. The summed E-state index contributed by atoms with van der Waals surface area (Å²) in [5.74, 6) is -3.60. The Kier molecular flexibility index (Phi) is 7.34. The van der Waals surface area contributed by atoms with Crippen LogP contribution in [0.5, 0.6) is 0 Å². The van der Waals surface area contributed by atoms with Gasteiger partial charge in [0.2, 0.25) is 5.91 Å². The molecule has 25 heavy (non-hydrogen) atoms. The molecule has 0 fully saturated rings. The summed E-state index contributed by atoms with van der Waals surface area (Å²) in [4.78, 5) is 11.9. The van der Waals surface area contributed by atoms with E-state index in [0.717, 1.165) is 11.4 Å². The Bertz CT molecular complexity index is 732. The molecule has 0 unspecified atom stereocenters. The molecule has 138 valence electrons. The summed E-state index contributed by atoms with van der Waals surface area (Å²) >= 11 is 5.87. The fourth-order valence-corrected chi connectivity index (χ4v) is 2.41. The molecule has 0 atom stereocenters. The van der Waals surface area contributed by atoms with Crippen molar-refractivity contribution in [3.63, 3.8) is 0 Å². The second kappa shape index (κ2) is 8.60. The Morgan fingerprint density at radius 1 is 1.32 bits per heavy atom. The van der Waals surface area contributed by atoms with E-state index in [4.69, 9.17) is 17.3 Å². The number of nitrogens with two attached hydrogens (primary N) is 1. The molecule has 2 aromatic rings. The van der Waals surface area contributed by atoms with Gasteiger partial charge in [-0.05, 0) is 38.1 Å². The number of nitrogens with zero attached hydrogens (tertiary/aromatic N) is 2. The first-order valence-electron chi connectivity index (χ1n) is 7.39. The highest BCUT2D eigenvalue weighted by molar-refractivity contribution is 6.30. The molecule has 0 aliphatic heterocycles. The maximum Gasteiger partial charge on any atom is 0.277 e. The summed E-state index contributed by atoms with van der Waals surface area (Å²) in [6.45, 7) is 2.02. The van der Waals surface area contributed by atoms with Gasteiger partial charge in [0, 0.05) is 16.3 Å². The van der Waals surface area contributed by atoms with Gasteiger partial charge in [-0.3, -0.25) is 4.79 Å². The molecule has 5 nitrogen and oxygen atoms in total. The van der Waals surface area contributed by atoms with Gasteiger partial charge in [0.15, 0.2) is 0 Å². The van der Waals surface area contributed by atoms with Gasteiger partial charge in [-0.1, -0.05) is 11.6 Å². The Morgan fingerprint density at radius 3 is 2.48 bits per heavy atom. The van der Waals surface area contributed by atoms with Gasteiger partial charge in [0.05, 0.1) is 30.9 Å². The first-order chi connectivity index (χ1) is 11.2. The molecule has 0 bridgehead atoms. The van der Waals surface area contributed by atoms with Gasteiger partial charge >= 0.3 is 0 Å². The van der Waals surface area contributed by atoms with Crippen molar-refractivity contribution in [2.75, 3.05) is 13.1 Å². The van der Waals surface area contributed by atoms with Crippen molar-refractivity contribution in [1.29, 1.82) is 0 Å². The standard InChI is InChI=1S/C16H19ClF2N4O.ClH/c1-10-14(7-15(24)21-9-16(18,19)8-20)11(2)23(22-10)13-5-3-12(17)4-6-13;/h3-6H,7-9,20H2,1-2H3,(H,21,24);1H. The molecule has 1 aromatic carbocycles. The number of hydrogen-bond acceptors (Lipinski definition) is 3. The summed E-state index contributed by atoms with van der Waals surface area (Å²) in [5.41, 5.74) is 7.90. The minimum Gasteiger partial charge on any atom is -0.350 e. The Balaban J connectivity index is 0.00000312. The van der Waals surface area contributed by atoms with Gasteiger partial charge in [-0.2, -0.15) is 5.10 Å². The second-order valence-electron chi connectivity index (χ2n) is 5.55. The van der Waals surface area contributed by atoms with Crippen molar-refractivity contribution in [3.8, 4) is 5.69 Å². The molecule has 1 amide bonds. The summed E-state index contributed by atoms with van der Waals surface area (Å²) in [6.07, 6.45) is -0.0219. The summed E-state index contributed by atoms with van der Waals surface area (Å²) in [6, 6.07) is 7.12. The normalized spacial score (nSPS) is 11.1. The van der Waals surface area contributed by atoms with Crippen LogP contribution in [0.4, 0.5) is 8.78 Å². The zero-order chi connectivity index (χ0) is 17.9. The Hall–Kier alpha value is -1.70. The fourth-order valence-electron chi connectivity index (χ4n) is 2.29. The van der Waals surface area contributed by atoms with Gasteiger partial charge in [-0.15, -0.1) is 12.4 Å². The van der Waals surface area contributed by atoms with Gasteiger partial charge in [-0.25, -0.2) is 13.5 Å². The molecular weight excluding hydrogens is 373 g/mol. The van der Waals surface area contributed by atoms with Crippen LogP contribution in [0.2, 0.25) is 5.02 Å². The SMILES string of the molecule is Cc1nn(-c2ccc(Cl)cc2)c(C)c1CC(=O)NCC(F)(F)CN.Cl. The zero-order valence-electron chi connectivity index (χ0n) is 13.9. The minimum absolute atomic E-state index is 0. The molecule has 0 radical (unpaired) electrons. The highest BCUT2D eigenvalue weighted by atomic mass is 35.5. The lowest BCUT2D eigenvalue weighted by molar-refractivity contribution is -0.122. The highest BCUT2D eigenvalue weighted by Gasteiger charge is 2.27. The van der Waals surface area contributed by atoms with Gasteiger partial charge in [0.1, 0.15) is 0 Å². The molecule has 9 heteroatoms. The lowest BCUT2D eigenvalue weighted by atomic mass is 10.1. The minimum atomic E-state index is -3.10. The monoisotopic (exact) mass is 392 g/mol. The van der Waals surface area contributed by atoms with Crippen molar-refractivity contribution < 1.29 is 13.6 Å². The quantitative estimate of drug-likeness (QED) is 0.793. The molecule has 0 saturated carbocycles. The lowest BCUT2D eigenvalue weighted by Gasteiger charge is -2.14. The highest BCUT2D eigenvalue weighted by Crippen LogP contribution is 2.20. The van der Waals surface area contributed by atoms with Crippen LogP contribution < -0.4 is 11.1 Å². The predicted molar refractivity (Wildman–Crippen MR) is 96.0 cm³/mol. The van der Waals surface area contributed by atoms with E-state index >= 15 is 0 Å². The van der Waals surface area contributed by atoms with Crippen LogP contribution in [0.1, 0.15) is 17.0 Å². The number of hydrogen-bond donors (Lipinski definition) is 2. The molecule has 0 saturated heterocycles. The van der Waals surface area contributed by atoms with Crippen LogP contribution in [0.15, 0.2) is 24.3 Å². The molecule has 0 aliphatic rings. The first-order valence-corrected chi connectivity index (χ1v) is 7.77. The van der Waals surface area contributed by atoms with Crippen molar-refractivity contribution >= 4 is 29.9 Å². The number of halogens is 4. The summed E-state index contributed by atoms with van der Waals surface area (Å²) < 4.78 is 27.9. The number of benzene rings is 1.